The third-order valence-electron chi connectivity index (χ3n) is 1.92. The van der Waals surface area contributed by atoms with Crippen LogP contribution in [0.5, 0.6) is 5.75 Å². The van der Waals surface area contributed by atoms with E-state index in [2.05, 4.69) is 4.74 Å². The summed E-state index contributed by atoms with van der Waals surface area (Å²) in [5, 5.41) is 10.6. The molecule has 0 amide bonds. The van der Waals surface area contributed by atoms with E-state index in [9.17, 15) is 23.7 Å². The van der Waals surface area contributed by atoms with Crippen molar-refractivity contribution in [3.8, 4) is 5.75 Å². The molecule has 2 N–H and O–H groups in total. The Morgan fingerprint density at radius 2 is 2.12 bits per heavy atom. The van der Waals surface area contributed by atoms with Crippen molar-refractivity contribution in [2.45, 2.75) is 13.5 Å². The summed E-state index contributed by atoms with van der Waals surface area (Å²) in [4.78, 5) is 20.9. The molecular formula is C9H8F2N2O4. The molecule has 1 aromatic carbocycles. The first-order chi connectivity index (χ1) is 7.82. The number of nitrogens with two attached hydrogens (primary N) is 1. The Kier molecular flexibility index (Phi) is 3.56. The lowest BCUT2D eigenvalue weighted by atomic mass is 10.1. The highest BCUT2D eigenvalue weighted by Gasteiger charge is 2.21. The molecule has 0 aliphatic carbocycles. The van der Waals surface area contributed by atoms with Crippen LogP contribution in [0, 0.1) is 10.1 Å². The smallest absolute Gasteiger partial charge is 0.387 e. The molecule has 0 saturated heterocycles. The number of nitrogens with zero attached hydrogens (tertiary/aromatic N) is 1. The fourth-order valence-corrected chi connectivity index (χ4v) is 1.21. The van der Waals surface area contributed by atoms with Crippen LogP contribution in [0.15, 0.2) is 12.1 Å². The Morgan fingerprint density at radius 3 is 2.53 bits per heavy atom. The van der Waals surface area contributed by atoms with Crippen LogP contribution in [-0.2, 0) is 0 Å². The van der Waals surface area contributed by atoms with Crippen molar-refractivity contribution < 1.29 is 23.2 Å². The number of rotatable bonds is 4. The number of halogens is 2. The first-order valence-electron chi connectivity index (χ1n) is 4.36. The van der Waals surface area contributed by atoms with Gasteiger partial charge >= 0.3 is 6.61 Å². The van der Waals surface area contributed by atoms with Gasteiger partial charge < -0.3 is 10.5 Å². The number of anilines is 1. The van der Waals surface area contributed by atoms with Crippen LogP contribution in [0.25, 0.3) is 0 Å². The molecule has 1 aromatic rings. The van der Waals surface area contributed by atoms with Crippen LogP contribution >= 0.6 is 0 Å². The van der Waals surface area contributed by atoms with Crippen LogP contribution in [0.3, 0.4) is 0 Å². The second-order valence-electron chi connectivity index (χ2n) is 3.10. The maximum atomic E-state index is 12.0. The first kappa shape index (κ1) is 12.8. The summed E-state index contributed by atoms with van der Waals surface area (Å²) in [6.45, 7) is -2.07. The van der Waals surface area contributed by atoms with E-state index >= 15 is 0 Å². The minimum atomic E-state index is -3.14. The minimum Gasteiger partial charge on any atom is -0.434 e. The fraction of sp³-hybridized carbons (Fsp3) is 0.222. The summed E-state index contributed by atoms with van der Waals surface area (Å²) in [6, 6.07) is 1.65. The average molecular weight is 246 g/mol. The largest absolute Gasteiger partial charge is 0.434 e. The molecule has 0 bridgehead atoms. The average Bonchev–Trinajstić information content (AvgIpc) is 2.15. The van der Waals surface area contributed by atoms with Crippen molar-refractivity contribution in [1.29, 1.82) is 0 Å². The van der Waals surface area contributed by atoms with Crippen molar-refractivity contribution in [3.05, 3.63) is 27.8 Å². The Labute approximate surface area is 94.1 Å². The van der Waals surface area contributed by atoms with E-state index in [-0.39, 0.29) is 11.3 Å². The Hall–Kier alpha value is -2.25. The van der Waals surface area contributed by atoms with Gasteiger partial charge in [-0.2, -0.15) is 8.78 Å². The molecule has 6 nitrogen and oxygen atoms in total. The molecule has 8 heteroatoms. The predicted octanol–water partition coefficient (Wildman–Crippen LogP) is 1.98. The van der Waals surface area contributed by atoms with Gasteiger partial charge in [0.2, 0.25) is 0 Å². The Morgan fingerprint density at radius 1 is 1.53 bits per heavy atom. The van der Waals surface area contributed by atoms with E-state index in [4.69, 9.17) is 5.73 Å². The normalized spacial score (nSPS) is 10.4. The third kappa shape index (κ3) is 2.86. The van der Waals surface area contributed by atoms with Crippen molar-refractivity contribution in [2.24, 2.45) is 0 Å². The van der Waals surface area contributed by atoms with Crippen LogP contribution in [-0.4, -0.2) is 17.3 Å². The zero-order valence-electron chi connectivity index (χ0n) is 8.65. The standard InChI is InChI=1S/C9H8F2N2O4/c1-4(14)5-2-7(13(15)16)6(12)3-8(5)17-9(10)11/h2-3,9H,12H2,1H3. The fourth-order valence-electron chi connectivity index (χ4n) is 1.21. The molecule has 0 aliphatic heterocycles. The quantitative estimate of drug-likeness (QED) is 0.379. The number of ether oxygens (including phenoxy) is 1. The summed E-state index contributed by atoms with van der Waals surface area (Å²) in [6.07, 6.45) is 0. The Balaban J connectivity index is 3.35. The SMILES string of the molecule is CC(=O)c1cc([N+](=O)[O-])c(N)cc1OC(F)F. The highest BCUT2D eigenvalue weighted by Crippen LogP contribution is 2.31. The van der Waals surface area contributed by atoms with Crippen molar-refractivity contribution in [3.63, 3.8) is 0 Å². The molecule has 0 fully saturated rings. The predicted molar refractivity (Wildman–Crippen MR) is 54.1 cm³/mol. The number of hydrogen-bond donors (Lipinski definition) is 1. The van der Waals surface area contributed by atoms with Gasteiger partial charge in [0.25, 0.3) is 5.69 Å². The monoisotopic (exact) mass is 246 g/mol. The number of nitro groups is 1. The van der Waals surface area contributed by atoms with Crippen LogP contribution in [0.2, 0.25) is 0 Å². The van der Waals surface area contributed by atoms with Gasteiger partial charge in [0, 0.05) is 12.1 Å². The van der Waals surface area contributed by atoms with E-state index in [0.29, 0.717) is 0 Å². The molecule has 0 aromatic heterocycles. The molecule has 0 saturated carbocycles. The zero-order valence-corrected chi connectivity index (χ0v) is 8.65. The second kappa shape index (κ2) is 4.73. The second-order valence-corrected chi connectivity index (χ2v) is 3.10. The van der Waals surface area contributed by atoms with E-state index in [0.717, 1.165) is 19.1 Å². The molecule has 92 valence electrons. The molecule has 0 heterocycles. The molecule has 0 radical (unpaired) electrons. The molecule has 0 unspecified atom stereocenters. The number of hydrogen-bond acceptors (Lipinski definition) is 5. The number of ketones is 1. The number of benzene rings is 1. The lowest BCUT2D eigenvalue weighted by molar-refractivity contribution is -0.383. The van der Waals surface area contributed by atoms with Crippen LogP contribution in [0.1, 0.15) is 17.3 Å². The number of nitrogen functional groups attached to an aromatic ring is 1. The molecule has 0 aliphatic rings. The highest BCUT2D eigenvalue weighted by atomic mass is 19.3. The van der Waals surface area contributed by atoms with E-state index in [1.165, 1.54) is 0 Å². The van der Waals surface area contributed by atoms with Gasteiger partial charge in [-0.3, -0.25) is 14.9 Å². The minimum absolute atomic E-state index is 0.314. The van der Waals surface area contributed by atoms with Gasteiger partial charge in [-0.1, -0.05) is 0 Å². The topological polar surface area (TPSA) is 95.5 Å². The molecular weight excluding hydrogens is 238 g/mol. The first-order valence-corrected chi connectivity index (χ1v) is 4.36. The summed E-state index contributed by atoms with van der Waals surface area (Å²) >= 11 is 0. The summed E-state index contributed by atoms with van der Waals surface area (Å²) in [5.74, 6) is -1.11. The molecule has 17 heavy (non-hydrogen) atoms. The maximum Gasteiger partial charge on any atom is 0.387 e. The number of nitro benzene ring substituents is 1. The summed E-state index contributed by atoms with van der Waals surface area (Å²) < 4.78 is 28.2. The van der Waals surface area contributed by atoms with Gasteiger partial charge in [-0.25, -0.2) is 0 Å². The van der Waals surface area contributed by atoms with Crippen molar-refractivity contribution in [2.75, 3.05) is 5.73 Å². The summed E-state index contributed by atoms with van der Waals surface area (Å²) in [5.41, 5.74) is 4.09. The van der Waals surface area contributed by atoms with Gasteiger partial charge in [0.1, 0.15) is 11.4 Å². The highest BCUT2D eigenvalue weighted by molar-refractivity contribution is 5.98. The van der Waals surface area contributed by atoms with E-state index in [1.54, 1.807) is 0 Å². The molecule has 0 atom stereocenters. The Bertz CT molecular complexity index is 476. The van der Waals surface area contributed by atoms with Gasteiger partial charge in [0.05, 0.1) is 10.5 Å². The van der Waals surface area contributed by atoms with Crippen LogP contribution < -0.4 is 10.5 Å². The molecule has 0 spiro atoms. The third-order valence-corrected chi connectivity index (χ3v) is 1.92. The van der Waals surface area contributed by atoms with E-state index in [1.807, 2.05) is 0 Å². The zero-order chi connectivity index (χ0) is 13.2. The van der Waals surface area contributed by atoms with Gasteiger partial charge in [-0.05, 0) is 6.92 Å². The van der Waals surface area contributed by atoms with E-state index < -0.39 is 28.8 Å². The molecule has 1 rings (SSSR count). The van der Waals surface area contributed by atoms with Gasteiger partial charge in [-0.15, -0.1) is 0 Å². The number of carbonyl (C=O) groups is 1. The lowest BCUT2D eigenvalue weighted by Gasteiger charge is -2.09. The lowest BCUT2D eigenvalue weighted by Crippen LogP contribution is -2.08. The van der Waals surface area contributed by atoms with Gasteiger partial charge in [0.15, 0.2) is 5.78 Å². The van der Waals surface area contributed by atoms with Crippen molar-refractivity contribution in [1.82, 2.24) is 0 Å². The summed E-state index contributed by atoms with van der Waals surface area (Å²) in [7, 11) is 0. The number of Topliss-reactive ketones (excluding diaryl/α,β-unsaturated/α-hetero) is 1. The van der Waals surface area contributed by atoms with Crippen LogP contribution in [0.4, 0.5) is 20.2 Å². The van der Waals surface area contributed by atoms with Crippen molar-refractivity contribution >= 4 is 17.2 Å². The number of carbonyl (C=O) groups excluding carboxylic acids is 1. The maximum absolute atomic E-state index is 12.0. The number of alkyl halides is 2.